The molecular weight excluding hydrogens is 346 g/mol. The van der Waals surface area contributed by atoms with E-state index in [1.54, 1.807) is 12.1 Å². The topological polar surface area (TPSA) is 57.6 Å². The van der Waals surface area contributed by atoms with Crippen LogP contribution in [0.3, 0.4) is 0 Å². The molecule has 6 heteroatoms. The Bertz CT molecular complexity index is 819. The monoisotopic (exact) mass is 367 g/mol. The molecule has 24 heavy (non-hydrogen) atoms. The van der Waals surface area contributed by atoms with Crippen LogP contribution in [0.5, 0.6) is 5.75 Å². The van der Waals surface area contributed by atoms with Gasteiger partial charge in [0.1, 0.15) is 5.75 Å². The fraction of sp³-hybridized carbons (Fsp3) is 0.333. The Balaban J connectivity index is 0.00000208. The summed E-state index contributed by atoms with van der Waals surface area (Å²) in [5.41, 5.74) is 2.25. The molecule has 1 atom stereocenters. The van der Waals surface area contributed by atoms with Crippen LogP contribution in [0, 0.1) is 6.92 Å². The molecule has 1 fully saturated rings. The number of hydrogen-bond donors (Lipinski definition) is 1. The van der Waals surface area contributed by atoms with Crippen LogP contribution in [0.4, 0.5) is 0 Å². The highest BCUT2D eigenvalue weighted by molar-refractivity contribution is 7.91. The lowest BCUT2D eigenvalue weighted by Gasteiger charge is -2.15. The predicted octanol–water partition coefficient (Wildman–Crippen LogP) is 3.37. The lowest BCUT2D eigenvalue weighted by molar-refractivity contribution is 0.411. The lowest BCUT2D eigenvalue weighted by Crippen LogP contribution is -2.13. The van der Waals surface area contributed by atoms with E-state index in [9.17, 15) is 13.5 Å². The zero-order chi connectivity index (χ0) is 16.6. The molecule has 1 aliphatic rings. The zero-order valence-electron chi connectivity index (χ0n) is 13.8. The summed E-state index contributed by atoms with van der Waals surface area (Å²) in [5.74, 6) is 0.534. The van der Waals surface area contributed by atoms with Gasteiger partial charge in [0.15, 0.2) is 0 Å². The van der Waals surface area contributed by atoms with Gasteiger partial charge in [-0.15, -0.1) is 12.4 Å². The van der Waals surface area contributed by atoms with E-state index in [0.717, 1.165) is 25.1 Å². The van der Waals surface area contributed by atoms with E-state index in [4.69, 9.17) is 0 Å². The number of halogens is 1. The summed E-state index contributed by atoms with van der Waals surface area (Å²) >= 11 is 0. The molecule has 1 heterocycles. The van der Waals surface area contributed by atoms with E-state index in [2.05, 4.69) is 11.9 Å². The van der Waals surface area contributed by atoms with E-state index in [1.165, 1.54) is 29.8 Å². The van der Waals surface area contributed by atoms with Gasteiger partial charge in [0.25, 0.3) is 0 Å². The quantitative estimate of drug-likeness (QED) is 0.903. The van der Waals surface area contributed by atoms with Gasteiger partial charge in [-0.2, -0.15) is 0 Å². The van der Waals surface area contributed by atoms with Gasteiger partial charge in [-0.1, -0.05) is 6.07 Å². The van der Waals surface area contributed by atoms with Gasteiger partial charge < -0.3 is 10.0 Å². The summed E-state index contributed by atoms with van der Waals surface area (Å²) in [6.45, 7) is 4.08. The molecule has 0 bridgehead atoms. The van der Waals surface area contributed by atoms with E-state index in [-0.39, 0.29) is 23.1 Å². The third-order valence-corrected chi connectivity index (χ3v) is 6.30. The molecule has 1 aliphatic heterocycles. The van der Waals surface area contributed by atoms with Crippen molar-refractivity contribution in [3.8, 4) is 5.75 Å². The van der Waals surface area contributed by atoms with Crippen LogP contribution in [-0.2, 0) is 9.84 Å². The maximum absolute atomic E-state index is 12.7. The number of phenolic OH excluding ortho intramolecular Hbond substituents is 1. The molecule has 2 aromatic carbocycles. The molecule has 1 saturated heterocycles. The molecule has 2 aromatic rings. The van der Waals surface area contributed by atoms with Crippen LogP contribution in [0.2, 0.25) is 0 Å². The molecule has 1 N–H and O–H groups in total. The highest BCUT2D eigenvalue weighted by atomic mass is 35.5. The Labute approximate surface area is 149 Å². The second kappa shape index (κ2) is 7.13. The third kappa shape index (κ3) is 3.58. The first-order valence-electron chi connectivity index (χ1n) is 7.71. The van der Waals surface area contributed by atoms with Gasteiger partial charge in [0.2, 0.25) is 9.84 Å². The van der Waals surface area contributed by atoms with Crippen molar-refractivity contribution in [1.82, 2.24) is 4.90 Å². The smallest absolute Gasteiger partial charge is 0.206 e. The number of rotatable bonds is 3. The number of phenols is 1. The van der Waals surface area contributed by atoms with E-state index in [0.29, 0.717) is 10.8 Å². The first-order chi connectivity index (χ1) is 10.9. The molecule has 0 spiro atoms. The van der Waals surface area contributed by atoms with Crippen LogP contribution >= 0.6 is 12.4 Å². The fourth-order valence-electron chi connectivity index (χ4n) is 3.22. The van der Waals surface area contributed by atoms with Gasteiger partial charge in [0.05, 0.1) is 9.79 Å². The predicted molar refractivity (Wildman–Crippen MR) is 96.8 cm³/mol. The molecule has 3 rings (SSSR count). The average Bonchev–Trinajstić information content (AvgIpc) is 2.94. The van der Waals surface area contributed by atoms with Gasteiger partial charge in [0, 0.05) is 6.54 Å². The standard InChI is InChI=1S/C18H21NO3S.ClH/c1-13-11-17(7-8-18(13)14-9-10-19(2)12-14)23(21,22)16-5-3-15(20)4-6-16;/h3-8,11,14,20H,9-10,12H2,1-2H3;1H. The van der Waals surface area contributed by atoms with Gasteiger partial charge >= 0.3 is 0 Å². The summed E-state index contributed by atoms with van der Waals surface area (Å²) in [6, 6.07) is 11.1. The molecule has 0 saturated carbocycles. The first-order valence-corrected chi connectivity index (χ1v) is 9.19. The van der Waals surface area contributed by atoms with Gasteiger partial charge in [-0.3, -0.25) is 0 Å². The first kappa shape index (κ1) is 18.8. The summed E-state index contributed by atoms with van der Waals surface area (Å²) in [4.78, 5) is 2.80. The van der Waals surface area contributed by atoms with Crippen LogP contribution in [0.15, 0.2) is 52.3 Å². The number of sulfone groups is 1. The minimum atomic E-state index is -3.55. The third-order valence-electron chi connectivity index (χ3n) is 4.53. The maximum atomic E-state index is 12.7. The Morgan fingerprint density at radius 3 is 2.25 bits per heavy atom. The number of likely N-dealkylation sites (N-methyl/N-ethyl adjacent to an activating group) is 1. The molecule has 0 aliphatic carbocycles. The fourth-order valence-corrected chi connectivity index (χ4v) is 4.57. The van der Waals surface area contributed by atoms with Gasteiger partial charge in [-0.05, 0) is 80.4 Å². The number of aryl methyl sites for hydroxylation is 1. The van der Waals surface area contributed by atoms with Crippen molar-refractivity contribution >= 4 is 22.2 Å². The molecule has 0 amide bonds. The van der Waals surface area contributed by atoms with Crippen molar-refractivity contribution in [3.05, 3.63) is 53.6 Å². The van der Waals surface area contributed by atoms with Crippen LogP contribution in [0.25, 0.3) is 0 Å². The molecule has 1 unspecified atom stereocenters. The van der Waals surface area contributed by atoms with Crippen LogP contribution in [0.1, 0.15) is 23.5 Å². The summed E-state index contributed by atoms with van der Waals surface area (Å²) in [5, 5.41) is 9.32. The summed E-state index contributed by atoms with van der Waals surface area (Å²) < 4.78 is 25.4. The highest BCUT2D eigenvalue weighted by Crippen LogP contribution is 2.31. The summed E-state index contributed by atoms with van der Waals surface area (Å²) in [7, 11) is -1.44. The van der Waals surface area contributed by atoms with Gasteiger partial charge in [-0.25, -0.2) is 8.42 Å². The number of nitrogens with zero attached hydrogens (tertiary/aromatic N) is 1. The molecule has 130 valence electrons. The van der Waals surface area contributed by atoms with Crippen molar-refractivity contribution in [1.29, 1.82) is 0 Å². The second-order valence-electron chi connectivity index (χ2n) is 6.26. The Morgan fingerprint density at radius 2 is 1.71 bits per heavy atom. The van der Waals surface area contributed by atoms with Crippen molar-refractivity contribution in [2.75, 3.05) is 20.1 Å². The minimum Gasteiger partial charge on any atom is -0.508 e. The van der Waals surface area contributed by atoms with Crippen molar-refractivity contribution < 1.29 is 13.5 Å². The van der Waals surface area contributed by atoms with E-state index >= 15 is 0 Å². The Morgan fingerprint density at radius 1 is 1.08 bits per heavy atom. The Hall–Kier alpha value is -1.56. The number of benzene rings is 2. The molecular formula is C18H22ClNO3S. The van der Waals surface area contributed by atoms with Crippen molar-refractivity contribution in [2.24, 2.45) is 0 Å². The van der Waals surface area contributed by atoms with E-state index < -0.39 is 9.84 Å². The Kier molecular flexibility index (Phi) is 5.58. The average molecular weight is 368 g/mol. The number of hydrogen-bond acceptors (Lipinski definition) is 4. The van der Waals surface area contributed by atoms with Crippen LogP contribution in [-0.4, -0.2) is 38.6 Å². The SMILES string of the molecule is Cc1cc(S(=O)(=O)c2ccc(O)cc2)ccc1C1CCN(C)C1.Cl. The minimum absolute atomic E-state index is 0. The molecule has 0 aromatic heterocycles. The van der Waals surface area contributed by atoms with Crippen LogP contribution < -0.4 is 0 Å². The zero-order valence-corrected chi connectivity index (χ0v) is 15.4. The second-order valence-corrected chi connectivity index (χ2v) is 8.21. The molecule has 0 radical (unpaired) electrons. The number of likely N-dealkylation sites (tertiary alicyclic amines) is 1. The summed E-state index contributed by atoms with van der Waals surface area (Å²) in [6.07, 6.45) is 1.11. The van der Waals surface area contributed by atoms with Crippen molar-refractivity contribution in [2.45, 2.75) is 29.1 Å². The largest absolute Gasteiger partial charge is 0.508 e. The normalized spacial score (nSPS) is 18.3. The number of aromatic hydroxyl groups is 1. The highest BCUT2D eigenvalue weighted by Gasteiger charge is 2.24. The van der Waals surface area contributed by atoms with Crippen molar-refractivity contribution in [3.63, 3.8) is 0 Å². The molecule has 4 nitrogen and oxygen atoms in total. The maximum Gasteiger partial charge on any atom is 0.206 e. The van der Waals surface area contributed by atoms with E-state index in [1.807, 2.05) is 13.0 Å². The lowest BCUT2D eigenvalue weighted by atomic mass is 9.94.